The van der Waals surface area contributed by atoms with E-state index in [4.69, 9.17) is 0 Å². The predicted molar refractivity (Wildman–Crippen MR) is 60.0 cm³/mol. The van der Waals surface area contributed by atoms with Gasteiger partial charge in [0.2, 0.25) is 5.91 Å². The number of fused-ring (bicyclic) bond motifs is 1. The molecule has 3 nitrogen and oxygen atoms in total. The van der Waals surface area contributed by atoms with Crippen LogP contribution in [0.4, 0.5) is 11.4 Å². The first-order chi connectivity index (χ1) is 7.21. The maximum Gasteiger partial charge on any atom is 0.250 e. The van der Waals surface area contributed by atoms with Crippen LogP contribution in [0.1, 0.15) is 24.8 Å². The maximum absolute atomic E-state index is 11.9. The Balaban J connectivity index is 2.07. The van der Waals surface area contributed by atoms with Crippen molar-refractivity contribution in [1.29, 1.82) is 0 Å². The van der Waals surface area contributed by atoms with Crippen LogP contribution < -0.4 is 10.6 Å². The summed E-state index contributed by atoms with van der Waals surface area (Å²) in [5.41, 5.74) is 2.90. The van der Waals surface area contributed by atoms with Gasteiger partial charge in [-0.15, -0.1) is 0 Å². The van der Waals surface area contributed by atoms with Crippen LogP contribution in [0.2, 0.25) is 0 Å². The Morgan fingerprint density at radius 1 is 1.33 bits per heavy atom. The van der Waals surface area contributed by atoms with Crippen LogP contribution >= 0.6 is 0 Å². The minimum absolute atomic E-state index is 0.131. The Hall–Kier alpha value is -1.51. The number of rotatable bonds is 0. The van der Waals surface area contributed by atoms with Crippen molar-refractivity contribution in [3.8, 4) is 0 Å². The highest BCUT2D eigenvalue weighted by Gasteiger charge is 2.47. The average Bonchev–Trinajstić information content (AvgIpc) is 2.15. The highest BCUT2D eigenvalue weighted by molar-refractivity contribution is 6.07. The fourth-order valence-electron chi connectivity index (χ4n) is 2.36. The summed E-state index contributed by atoms with van der Waals surface area (Å²) in [5, 5.41) is 6.41. The Morgan fingerprint density at radius 3 is 2.80 bits per heavy atom. The van der Waals surface area contributed by atoms with Crippen LogP contribution in [-0.2, 0) is 4.79 Å². The summed E-state index contributed by atoms with van der Waals surface area (Å²) in [6.07, 6.45) is 3.04. The molecule has 0 bridgehead atoms. The van der Waals surface area contributed by atoms with Crippen LogP contribution in [0.15, 0.2) is 18.2 Å². The lowest BCUT2D eigenvalue weighted by Crippen LogP contribution is -2.57. The Labute approximate surface area is 88.9 Å². The fraction of sp³-hybridized carbons (Fsp3) is 0.417. The molecule has 1 heterocycles. The molecule has 1 aliphatic heterocycles. The molecular formula is C12H14N2O. The first-order valence-electron chi connectivity index (χ1n) is 5.41. The molecule has 1 aromatic carbocycles. The SMILES string of the molecule is Cc1cccc2c1NC1(CCC1)C(=O)N2. The van der Waals surface area contributed by atoms with Crippen LogP contribution in [0.25, 0.3) is 0 Å². The molecule has 1 aromatic rings. The van der Waals surface area contributed by atoms with Gasteiger partial charge in [0, 0.05) is 0 Å². The third kappa shape index (κ3) is 1.09. The highest BCUT2D eigenvalue weighted by atomic mass is 16.2. The smallest absolute Gasteiger partial charge is 0.250 e. The van der Waals surface area contributed by atoms with E-state index in [9.17, 15) is 4.79 Å². The summed E-state index contributed by atoms with van der Waals surface area (Å²) in [6.45, 7) is 2.07. The van der Waals surface area contributed by atoms with Crippen molar-refractivity contribution in [1.82, 2.24) is 0 Å². The van der Waals surface area contributed by atoms with Crippen molar-refractivity contribution < 1.29 is 4.79 Å². The number of carbonyl (C=O) groups is 1. The van der Waals surface area contributed by atoms with E-state index < -0.39 is 0 Å². The lowest BCUT2D eigenvalue weighted by molar-refractivity contribution is -0.123. The minimum Gasteiger partial charge on any atom is -0.369 e. The molecule has 3 heteroatoms. The fourth-order valence-corrected chi connectivity index (χ4v) is 2.36. The van der Waals surface area contributed by atoms with Gasteiger partial charge in [-0.25, -0.2) is 0 Å². The molecule has 0 radical (unpaired) electrons. The second-order valence-electron chi connectivity index (χ2n) is 4.51. The quantitative estimate of drug-likeness (QED) is 0.677. The second kappa shape index (κ2) is 2.75. The van der Waals surface area contributed by atoms with Gasteiger partial charge < -0.3 is 10.6 Å². The minimum atomic E-state index is -0.306. The van der Waals surface area contributed by atoms with Gasteiger partial charge in [-0.2, -0.15) is 0 Å². The maximum atomic E-state index is 11.9. The first-order valence-corrected chi connectivity index (χ1v) is 5.41. The number of para-hydroxylation sites is 1. The molecule has 1 saturated carbocycles. The van der Waals surface area contributed by atoms with Gasteiger partial charge in [0.15, 0.2) is 0 Å². The van der Waals surface area contributed by atoms with Crippen LogP contribution in [0.3, 0.4) is 0 Å². The number of anilines is 2. The van der Waals surface area contributed by atoms with Crippen molar-refractivity contribution in [3.05, 3.63) is 23.8 Å². The molecule has 15 heavy (non-hydrogen) atoms. The van der Waals surface area contributed by atoms with Crippen molar-refractivity contribution in [2.45, 2.75) is 31.7 Å². The van der Waals surface area contributed by atoms with Crippen molar-refractivity contribution in [3.63, 3.8) is 0 Å². The van der Waals surface area contributed by atoms with Gasteiger partial charge in [-0.05, 0) is 37.8 Å². The molecule has 0 saturated heterocycles. The summed E-state index contributed by atoms with van der Waals surface area (Å²) < 4.78 is 0. The summed E-state index contributed by atoms with van der Waals surface area (Å²) >= 11 is 0. The molecule has 0 unspecified atom stereocenters. The van der Waals surface area contributed by atoms with Crippen LogP contribution in [0.5, 0.6) is 0 Å². The average molecular weight is 202 g/mol. The van der Waals surface area contributed by atoms with Gasteiger partial charge in [0.25, 0.3) is 0 Å². The number of hydrogen-bond donors (Lipinski definition) is 2. The Bertz CT molecular complexity index is 435. The van der Waals surface area contributed by atoms with Gasteiger partial charge in [0.1, 0.15) is 5.54 Å². The summed E-state index contributed by atoms with van der Waals surface area (Å²) in [5.74, 6) is 0.131. The zero-order valence-electron chi connectivity index (χ0n) is 8.76. The normalized spacial score (nSPS) is 21.3. The third-order valence-electron chi connectivity index (χ3n) is 3.53. The highest BCUT2D eigenvalue weighted by Crippen LogP contribution is 2.42. The zero-order valence-corrected chi connectivity index (χ0v) is 8.76. The number of aryl methyl sites for hydroxylation is 1. The van der Waals surface area contributed by atoms with Crippen LogP contribution in [-0.4, -0.2) is 11.4 Å². The van der Waals surface area contributed by atoms with Gasteiger partial charge >= 0.3 is 0 Å². The van der Waals surface area contributed by atoms with Gasteiger partial charge in [0.05, 0.1) is 11.4 Å². The summed E-state index contributed by atoms with van der Waals surface area (Å²) in [6, 6.07) is 5.98. The largest absolute Gasteiger partial charge is 0.369 e. The van der Waals surface area contributed by atoms with Crippen LogP contribution in [0, 0.1) is 6.92 Å². The van der Waals surface area contributed by atoms with Crippen molar-refractivity contribution >= 4 is 17.3 Å². The Morgan fingerprint density at radius 2 is 2.13 bits per heavy atom. The molecule has 1 fully saturated rings. The van der Waals surface area contributed by atoms with E-state index in [1.165, 1.54) is 5.56 Å². The summed E-state index contributed by atoms with van der Waals surface area (Å²) in [4.78, 5) is 11.9. The zero-order chi connectivity index (χ0) is 10.5. The van der Waals surface area contributed by atoms with Gasteiger partial charge in [-0.3, -0.25) is 4.79 Å². The molecule has 0 aromatic heterocycles. The third-order valence-corrected chi connectivity index (χ3v) is 3.53. The Kier molecular flexibility index (Phi) is 1.61. The topological polar surface area (TPSA) is 41.1 Å². The standard InChI is InChI=1S/C12H14N2O/c1-8-4-2-5-9-10(8)14-12(6-3-7-12)11(15)13-9/h2,4-5,14H,3,6-7H2,1H3,(H,13,15). The predicted octanol–water partition coefficient (Wildman–Crippen LogP) is 2.28. The molecule has 2 aliphatic rings. The lowest BCUT2D eigenvalue weighted by atomic mass is 9.74. The number of amides is 1. The molecular weight excluding hydrogens is 188 g/mol. The van der Waals surface area contributed by atoms with Gasteiger partial charge in [-0.1, -0.05) is 12.1 Å². The molecule has 2 N–H and O–H groups in total. The van der Waals surface area contributed by atoms with E-state index in [2.05, 4.69) is 23.6 Å². The molecule has 1 aliphatic carbocycles. The first kappa shape index (κ1) is 8.77. The van der Waals surface area contributed by atoms with Crippen molar-refractivity contribution in [2.24, 2.45) is 0 Å². The molecule has 78 valence electrons. The number of benzene rings is 1. The molecule has 0 atom stereocenters. The molecule has 1 spiro atoms. The van der Waals surface area contributed by atoms with E-state index in [-0.39, 0.29) is 11.4 Å². The summed E-state index contributed by atoms with van der Waals surface area (Å²) in [7, 11) is 0. The van der Waals surface area contributed by atoms with Crippen molar-refractivity contribution in [2.75, 3.05) is 10.6 Å². The van der Waals surface area contributed by atoms with E-state index in [1.807, 2.05) is 12.1 Å². The number of hydrogen-bond acceptors (Lipinski definition) is 2. The van der Waals surface area contributed by atoms with E-state index in [0.717, 1.165) is 30.6 Å². The van der Waals surface area contributed by atoms with E-state index in [1.54, 1.807) is 0 Å². The second-order valence-corrected chi connectivity index (χ2v) is 4.51. The number of nitrogens with one attached hydrogen (secondary N) is 2. The lowest BCUT2D eigenvalue weighted by Gasteiger charge is -2.45. The van der Waals surface area contributed by atoms with E-state index in [0.29, 0.717) is 0 Å². The van der Waals surface area contributed by atoms with E-state index >= 15 is 0 Å². The molecule has 3 rings (SSSR count). The molecule has 1 amide bonds. The monoisotopic (exact) mass is 202 g/mol. The number of carbonyl (C=O) groups excluding carboxylic acids is 1.